The summed E-state index contributed by atoms with van der Waals surface area (Å²) in [7, 11) is 0. The molecule has 1 saturated carbocycles. The van der Waals surface area contributed by atoms with Gasteiger partial charge in [-0.15, -0.1) is 0 Å². The van der Waals surface area contributed by atoms with Crippen molar-refractivity contribution in [1.82, 2.24) is 19.9 Å². The van der Waals surface area contributed by atoms with Crippen LogP contribution in [0.1, 0.15) is 44.2 Å². The summed E-state index contributed by atoms with van der Waals surface area (Å²) in [6.07, 6.45) is 11.7. The van der Waals surface area contributed by atoms with Crippen LogP contribution in [-0.2, 0) is 11.3 Å². The van der Waals surface area contributed by atoms with Crippen LogP contribution in [0.4, 0.5) is 0 Å². The molecule has 1 fully saturated rings. The Morgan fingerprint density at radius 3 is 3.00 bits per heavy atom. The SMILES string of the molecule is C[C@H](C(=O)NCc1cccnc1OC1CCCC1)n1ccnc1. The average Bonchev–Trinajstić information content (AvgIpc) is 3.26. The summed E-state index contributed by atoms with van der Waals surface area (Å²) >= 11 is 0. The van der Waals surface area contributed by atoms with Gasteiger partial charge in [-0.1, -0.05) is 6.07 Å². The van der Waals surface area contributed by atoms with Crippen LogP contribution in [-0.4, -0.2) is 26.5 Å². The molecule has 1 N–H and O–H groups in total. The van der Waals surface area contributed by atoms with Crippen molar-refractivity contribution < 1.29 is 9.53 Å². The number of carbonyl (C=O) groups is 1. The van der Waals surface area contributed by atoms with Crippen molar-refractivity contribution in [3.05, 3.63) is 42.6 Å². The van der Waals surface area contributed by atoms with Crippen LogP contribution in [0.5, 0.6) is 5.88 Å². The van der Waals surface area contributed by atoms with Crippen molar-refractivity contribution in [2.24, 2.45) is 0 Å². The number of carbonyl (C=O) groups excluding carboxylic acids is 1. The predicted octanol–water partition coefficient (Wildman–Crippen LogP) is 2.48. The first-order valence-electron chi connectivity index (χ1n) is 8.10. The highest BCUT2D eigenvalue weighted by molar-refractivity contribution is 5.79. The molecular weight excluding hydrogens is 292 g/mol. The van der Waals surface area contributed by atoms with E-state index in [-0.39, 0.29) is 18.1 Å². The predicted molar refractivity (Wildman–Crippen MR) is 85.9 cm³/mol. The van der Waals surface area contributed by atoms with Gasteiger partial charge in [0.15, 0.2) is 0 Å². The molecule has 122 valence electrons. The fourth-order valence-corrected chi connectivity index (χ4v) is 2.79. The Labute approximate surface area is 135 Å². The molecule has 1 aliphatic rings. The molecule has 0 unspecified atom stereocenters. The van der Waals surface area contributed by atoms with E-state index >= 15 is 0 Å². The largest absolute Gasteiger partial charge is 0.474 e. The summed E-state index contributed by atoms with van der Waals surface area (Å²) in [6.45, 7) is 2.25. The molecule has 6 nitrogen and oxygen atoms in total. The number of hydrogen-bond donors (Lipinski definition) is 1. The van der Waals surface area contributed by atoms with Crippen LogP contribution in [0.2, 0.25) is 0 Å². The van der Waals surface area contributed by atoms with Gasteiger partial charge in [0.25, 0.3) is 0 Å². The van der Waals surface area contributed by atoms with Gasteiger partial charge < -0.3 is 14.6 Å². The molecule has 3 rings (SSSR count). The second kappa shape index (κ2) is 7.26. The van der Waals surface area contributed by atoms with Crippen molar-refractivity contribution in [2.75, 3.05) is 0 Å². The standard InChI is InChI=1S/C17H22N4O2/c1-13(21-10-9-18-12-21)16(22)20-11-14-5-4-8-19-17(14)23-15-6-2-3-7-15/h4-5,8-10,12-13,15H,2-3,6-7,11H2,1H3,(H,20,22)/t13-/m1/s1. The van der Waals surface area contributed by atoms with Crippen LogP contribution >= 0.6 is 0 Å². The average molecular weight is 314 g/mol. The van der Waals surface area contributed by atoms with Crippen molar-refractivity contribution in [3.63, 3.8) is 0 Å². The van der Waals surface area contributed by atoms with E-state index in [1.807, 2.05) is 19.1 Å². The molecule has 0 aromatic carbocycles. The van der Waals surface area contributed by atoms with Gasteiger partial charge in [0, 0.05) is 30.7 Å². The van der Waals surface area contributed by atoms with E-state index in [0.717, 1.165) is 18.4 Å². The van der Waals surface area contributed by atoms with Crippen LogP contribution < -0.4 is 10.1 Å². The highest BCUT2D eigenvalue weighted by atomic mass is 16.5. The van der Waals surface area contributed by atoms with E-state index in [2.05, 4.69) is 15.3 Å². The third kappa shape index (κ3) is 3.88. The minimum absolute atomic E-state index is 0.0568. The number of rotatable bonds is 6. The molecule has 0 radical (unpaired) electrons. The van der Waals surface area contributed by atoms with E-state index in [0.29, 0.717) is 12.4 Å². The molecule has 23 heavy (non-hydrogen) atoms. The maximum absolute atomic E-state index is 12.2. The Hall–Kier alpha value is -2.37. The van der Waals surface area contributed by atoms with Crippen molar-refractivity contribution in [3.8, 4) is 5.88 Å². The molecule has 0 spiro atoms. The van der Waals surface area contributed by atoms with Crippen molar-refractivity contribution in [2.45, 2.75) is 51.3 Å². The molecule has 6 heteroatoms. The Bertz CT molecular complexity index is 636. The highest BCUT2D eigenvalue weighted by Crippen LogP contribution is 2.25. The minimum Gasteiger partial charge on any atom is -0.474 e. The number of ether oxygens (including phenoxy) is 1. The second-order valence-electron chi connectivity index (χ2n) is 5.90. The summed E-state index contributed by atoms with van der Waals surface area (Å²) < 4.78 is 7.77. The smallest absolute Gasteiger partial charge is 0.243 e. The summed E-state index contributed by atoms with van der Waals surface area (Å²) in [5, 5.41) is 2.94. The molecular formula is C17H22N4O2. The lowest BCUT2D eigenvalue weighted by Gasteiger charge is -2.17. The number of pyridine rings is 1. The first-order chi connectivity index (χ1) is 11.2. The lowest BCUT2D eigenvalue weighted by atomic mass is 10.2. The second-order valence-corrected chi connectivity index (χ2v) is 5.90. The number of aromatic nitrogens is 3. The van der Waals surface area contributed by atoms with Crippen LogP contribution in [0.3, 0.4) is 0 Å². The molecule has 0 aliphatic heterocycles. The minimum atomic E-state index is -0.298. The third-order valence-corrected chi connectivity index (χ3v) is 4.24. The number of hydrogen-bond acceptors (Lipinski definition) is 4. The van der Waals surface area contributed by atoms with E-state index in [9.17, 15) is 4.79 Å². The quantitative estimate of drug-likeness (QED) is 0.889. The molecule has 2 aromatic rings. The van der Waals surface area contributed by atoms with E-state index in [1.54, 1.807) is 29.5 Å². The van der Waals surface area contributed by atoms with E-state index < -0.39 is 0 Å². The van der Waals surface area contributed by atoms with E-state index in [4.69, 9.17) is 4.74 Å². The zero-order valence-corrected chi connectivity index (χ0v) is 13.3. The zero-order chi connectivity index (χ0) is 16.1. The summed E-state index contributed by atoms with van der Waals surface area (Å²) in [6, 6.07) is 3.51. The molecule has 1 atom stereocenters. The first-order valence-corrected chi connectivity index (χ1v) is 8.10. The highest BCUT2D eigenvalue weighted by Gasteiger charge is 2.19. The van der Waals surface area contributed by atoms with Gasteiger partial charge in [-0.05, 0) is 38.7 Å². The molecule has 0 bridgehead atoms. The maximum atomic E-state index is 12.2. The van der Waals surface area contributed by atoms with Gasteiger partial charge in [-0.2, -0.15) is 0 Å². The van der Waals surface area contributed by atoms with Crippen LogP contribution in [0.25, 0.3) is 0 Å². The normalized spacial score (nSPS) is 16.2. The van der Waals surface area contributed by atoms with Gasteiger partial charge in [0.2, 0.25) is 11.8 Å². The van der Waals surface area contributed by atoms with Crippen LogP contribution in [0.15, 0.2) is 37.1 Å². The Morgan fingerprint density at radius 2 is 2.26 bits per heavy atom. The number of nitrogens with one attached hydrogen (secondary N) is 1. The lowest BCUT2D eigenvalue weighted by Crippen LogP contribution is -2.30. The summed E-state index contributed by atoms with van der Waals surface area (Å²) in [5.41, 5.74) is 0.908. The van der Waals surface area contributed by atoms with Crippen molar-refractivity contribution in [1.29, 1.82) is 0 Å². The third-order valence-electron chi connectivity index (χ3n) is 4.24. The monoisotopic (exact) mass is 314 g/mol. The van der Waals surface area contributed by atoms with E-state index in [1.165, 1.54) is 12.8 Å². The summed E-state index contributed by atoms with van der Waals surface area (Å²) in [5.74, 6) is 0.577. The number of imidazole rings is 1. The fourth-order valence-electron chi connectivity index (χ4n) is 2.79. The maximum Gasteiger partial charge on any atom is 0.243 e. The zero-order valence-electron chi connectivity index (χ0n) is 13.3. The number of amides is 1. The molecule has 1 aliphatic carbocycles. The molecule has 0 saturated heterocycles. The van der Waals surface area contributed by atoms with Gasteiger partial charge in [-0.25, -0.2) is 9.97 Å². The first kappa shape index (κ1) is 15.5. The molecule has 2 heterocycles. The Morgan fingerprint density at radius 1 is 1.43 bits per heavy atom. The van der Waals surface area contributed by atoms with Crippen molar-refractivity contribution >= 4 is 5.91 Å². The van der Waals surface area contributed by atoms with Gasteiger partial charge >= 0.3 is 0 Å². The Balaban J connectivity index is 1.60. The lowest BCUT2D eigenvalue weighted by molar-refractivity contribution is -0.124. The number of nitrogens with zero attached hydrogens (tertiary/aromatic N) is 3. The van der Waals surface area contributed by atoms with Crippen LogP contribution in [0, 0.1) is 0 Å². The van der Waals surface area contributed by atoms with Gasteiger partial charge in [-0.3, -0.25) is 4.79 Å². The fraction of sp³-hybridized carbons (Fsp3) is 0.471. The molecule has 2 aromatic heterocycles. The molecule has 1 amide bonds. The van der Waals surface area contributed by atoms with Gasteiger partial charge in [0.1, 0.15) is 12.1 Å². The topological polar surface area (TPSA) is 69.0 Å². The summed E-state index contributed by atoms with van der Waals surface area (Å²) in [4.78, 5) is 20.5. The van der Waals surface area contributed by atoms with Gasteiger partial charge in [0.05, 0.1) is 6.33 Å². The Kier molecular flexibility index (Phi) is 4.90.